The van der Waals surface area contributed by atoms with Crippen molar-refractivity contribution in [3.63, 3.8) is 0 Å². The third-order valence-electron chi connectivity index (χ3n) is 1.57. The predicted octanol–water partition coefficient (Wildman–Crippen LogP) is 1.16. The lowest BCUT2D eigenvalue weighted by atomic mass is 10.1. The smallest absolute Gasteiger partial charge is 0.0868 e. The van der Waals surface area contributed by atoms with Crippen molar-refractivity contribution in [1.29, 1.82) is 0 Å². The van der Waals surface area contributed by atoms with Crippen LogP contribution in [0.5, 0.6) is 0 Å². The van der Waals surface area contributed by atoms with Crippen LogP contribution in [0.1, 0.15) is 18.0 Å². The first-order valence-corrected chi connectivity index (χ1v) is 4.24. The molecule has 1 aromatic heterocycles. The van der Waals surface area contributed by atoms with Gasteiger partial charge in [-0.1, -0.05) is 0 Å². The maximum atomic E-state index is 8.62. The number of nitrogens with two attached hydrogens (primary N) is 1. The minimum absolute atomic E-state index is 0.0828. The number of aliphatic hydroxyl groups is 1. The van der Waals surface area contributed by atoms with Gasteiger partial charge in [0.1, 0.15) is 0 Å². The first kappa shape index (κ1) is 8.77. The largest absolute Gasteiger partial charge is 0.396 e. The Hall–Kier alpha value is -0.320. The molecule has 3 nitrogen and oxygen atoms in total. The van der Waals surface area contributed by atoms with Crippen LogP contribution in [0.4, 0.5) is 0 Å². The Kier molecular flexibility index (Phi) is 3.11. The van der Waals surface area contributed by atoms with Crippen LogP contribution in [-0.2, 0) is 0 Å². The SMILES string of the molecule is N[C@@H](CCO)c1cc[nH]c1Br. The molecule has 1 atom stereocenters. The monoisotopic (exact) mass is 218 g/mol. The minimum atomic E-state index is -0.0828. The standard InChI is InChI=1S/C7H11BrN2O/c8-7-5(1-3-10-7)6(9)2-4-11/h1,3,6,10-11H,2,4,9H2/t6-/m0/s1. The number of nitrogens with one attached hydrogen (secondary N) is 1. The molecule has 1 aromatic rings. The Balaban J connectivity index is 2.67. The zero-order chi connectivity index (χ0) is 8.27. The summed E-state index contributed by atoms with van der Waals surface area (Å²) < 4.78 is 0.901. The predicted molar refractivity (Wildman–Crippen MR) is 47.1 cm³/mol. The molecule has 0 aliphatic carbocycles. The van der Waals surface area contributed by atoms with Gasteiger partial charge in [-0.25, -0.2) is 0 Å². The summed E-state index contributed by atoms with van der Waals surface area (Å²) in [5.41, 5.74) is 6.75. The topological polar surface area (TPSA) is 62.0 Å². The van der Waals surface area contributed by atoms with Gasteiger partial charge in [0, 0.05) is 24.4 Å². The number of H-pyrrole nitrogens is 1. The molecule has 4 heteroatoms. The van der Waals surface area contributed by atoms with E-state index >= 15 is 0 Å². The van der Waals surface area contributed by atoms with Crippen LogP contribution in [0.3, 0.4) is 0 Å². The number of aromatic nitrogens is 1. The van der Waals surface area contributed by atoms with Crippen LogP contribution < -0.4 is 5.73 Å². The van der Waals surface area contributed by atoms with Crippen molar-refractivity contribution in [2.24, 2.45) is 5.73 Å². The molecular weight excluding hydrogens is 208 g/mol. The van der Waals surface area contributed by atoms with E-state index in [9.17, 15) is 0 Å². The van der Waals surface area contributed by atoms with Crippen LogP contribution in [0, 0.1) is 0 Å². The molecule has 0 radical (unpaired) electrons. The highest BCUT2D eigenvalue weighted by Crippen LogP contribution is 2.21. The van der Waals surface area contributed by atoms with Crippen LogP contribution in [-0.4, -0.2) is 16.7 Å². The second-order valence-corrected chi connectivity index (χ2v) is 3.16. The first-order valence-electron chi connectivity index (χ1n) is 3.45. The quantitative estimate of drug-likeness (QED) is 0.714. The minimum Gasteiger partial charge on any atom is -0.396 e. The third-order valence-corrected chi connectivity index (χ3v) is 2.25. The second kappa shape index (κ2) is 3.90. The molecule has 1 rings (SSSR count). The van der Waals surface area contributed by atoms with Crippen molar-refractivity contribution in [3.8, 4) is 0 Å². The van der Waals surface area contributed by atoms with Crippen LogP contribution >= 0.6 is 15.9 Å². The Morgan fingerprint density at radius 1 is 1.73 bits per heavy atom. The van der Waals surface area contributed by atoms with E-state index in [1.54, 1.807) is 0 Å². The van der Waals surface area contributed by atoms with Crippen molar-refractivity contribution in [3.05, 3.63) is 22.4 Å². The lowest BCUT2D eigenvalue weighted by Crippen LogP contribution is -2.11. The Morgan fingerprint density at radius 2 is 2.45 bits per heavy atom. The maximum absolute atomic E-state index is 8.62. The number of rotatable bonds is 3. The van der Waals surface area contributed by atoms with Gasteiger partial charge in [0.15, 0.2) is 0 Å². The summed E-state index contributed by atoms with van der Waals surface area (Å²) in [4.78, 5) is 2.96. The Labute approximate surface area is 73.7 Å². The zero-order valence-electron chi connectivity index (χ0n) is 6.05. The fraction of sp³-hybridized carbons (Fsp3) is 0.429. The van der Waals surface area contributed by atoms with E-state index in [2.05, 4.69) is 20.9 Å². The van der Waals surface area contributed by atoms with Gasteiger partial charge in [-0.05, 0) is 28.4 Å². The molecule has 0 aliphatic heterocycles. The molecule has 0 saturated carbocycles. The van der Waals surface area contributed by atoms with Crippen molar-refractivity contribution in [2.75, 3.05) is 6.61 Å². The molecule has 62 valence electrons. The van der Waals surface area contributed by atoms with E-state index in [0.29, 0.717) is 6.42 Å². The summed E-state index contributed by atoms with van der Waals surface area (Å²) in [6, 6.07) is 1.82. The van der Waals surface area contributed by atoms with E-state index in [0.717, 1.165) is 10.2 Å². The molecule has 0 spiro atoms. The molecule has 0 aromatic carbocycles. The first-order chi connectivity index (χ1) is 5.25. The van der Waals surface area contributed by atoms with Gasteiger partial charge in [0.2, 0.25) is 0 Å². The molecule has 0 saturated heterocycles. The fourth-order valence-electron chi connectivity index (χ4n) is 0.942. The van der Waals surface area contributed by atoms with E-state index in [-0.39, 0.29) is 12.6 Å². The highest BCUT2D eigenvalue weighted by Gasteiger charge is 2.08. The molecule has 11 heavy (non-hydrogen) atoms. The molecule has 0 fully saturated rings. The number of aliphatic hydroxyl groups excluding tert-OH is 1. The van der Waals surface area contributed by atoms with Gasteiger partial charge in [-0.15, -0.1) is 0 Å². The van der Waals surface area contributed by atoms with Gasteiger partial charge in [0.25, 0.3) is 0 Å². The average molecular weight is 219 g/mol. The van der Waals surface area contributed by atoms with Gasteiger partial charge in [0.05, 0.1) is 4.60 Å². The van der Waals surface area contributed by atoms with Gasteiger partial charge in [-0.3, -0.25) is 0 Å². The Morgan fingerprint density at radius 3 is 2.91 bits per heavy atom. The lowest BCUT2D eigenvalue weighted by molar-refractivity contribution is 0.276. The number of hydrogen-bond acceptors (Lipinski definition) is 2. The molecule has 1 heterocycles. The molecule has 0 aliphatic rings. The van der Waals surface area contributed by atoms with E-state index in [4.69, 9.17) is 10.8 Å². The van der Waals surface area contributed by atoms with Gasteiger partial charge in [-0.2, -0.15) is 0 Å². The van der Waals surface area contributed by atoms with Crippen LogP contribution in [0.25, 0.3) is 0 Å². The normalized spacial score (nSPS) is 13.4. The van der Waals surface area contributed by atoms with Crippen LogP contribution in [0.15, 0.2) is 16.9 Å². The summed E-state index contributed by atoms with van der Waals surface area (Å²) in [5.74, 6) is 0. The number of halogens is 1. The average Bonchev–Trinajstić information content (AvgIpc) is 2.36. The van der Waals surface area contributed by atoms with E-state index < -0.39 is 0 Å². The summed E-state index contributed by atoms with van der Waals surface area (Å²) in [5, 5.41) is 8.62. The zero-order valence-corrected chi connectivity index (χ0v) is 7.63. The highest BCUT2D eigenvalue weighted by atomic mass is 79.9. The summed E-state index contributed by atoms with van der Waals surface area (Å²) >= 11 is 3.32. The Bertz CT molecular complexity index is 224. The van der Waals surface area contributed by atoms with E-state index in [1.807, 2.05) is 12.3 Å². The number of hydrogen-bond donors (Lipinski definition) is 3. The molecule has 0 amide bonds. The van der Waals surface area contributed by atoms with Crippen LogP contribution in [0.2, 0.25) is 0 Å². The molecular formula is C7H11BrN2O. The van der Waals surface area contributed by atoms with Gasteiger partial charge < -0.3 is 15.8 Å². The molecule has 0 unspecified atom stereocenters. The second-order valence-electron chi connectivity index (χ2n) is 2.37. The lowest BCUT2D eigenvalue weighted by Gasteiger charge is -2.07. The molecule has 4 N–H and O–H groups in total. The molecule has 0 bridgehead atoms. The summed E-state index contributed by atoms with van der Waals surface area (Å²) in [6.45, 7) is 0.124. The summed E-state index contributed by atoms with van der Waals surface area (Å²) in [6.07, 6.45) is 2.41. The highest BCUT2D eigenvalue weighted by molar-refractivity contribution is 9.10. The van der Waals surface area contributed by atoms with Crippen molar-refractivity contribution < 1.29 is 5.11 Å². The van der Waals surface area contributed by atoms with Crippen molar-refractivity contribution in [1.82, 2.24) is 4.98 Å². The fourth-order valence-corrected chi connectivity index (χ4v) is 1.50. The van der Waals surface area contributed by atoms with Crippen molar-refractivity contribution >= 4 is 15.9 Å². The van der Waals surface area contributed by atoms with Gasteiger partial charge >= 0.3 is 0 Å². The van der Waals surface area contributed by atoms with Crippen molar-refractivity contribution in [2.45, 2.75) is 12.5 Å². The third kappa shape index (κ3) is 2.05. The van der Waals surface area contributed by atoms with E-state index in [1.165, 1.54) is 0 Å². The summed E-state index contributed by atoms with van der Waals surface area (Å²) in [7, 11) is 0. The number of aromatic amines is 1. The maximum Gasteiger partial charge on any atom is 0.0868 e.